The molecule has 10 rings (SSSR count). The Hall–Kier alpha value is -6.46. The maximum absolute atomic E-state index is 6.63. The molecule has 0 radical (unpaired) electrons. The summed E-state index contributed by atoms with van der Waals surface area (Å²) in [6.07, 6.45) is 8.80. The molecule has 1 aliphatic heterocycles. The van der Waals surface area contributed by atoms with Crippen LogP contribution in [0.4, 0.5) is 0 Å². The van der Waals surface area contributed by atoms with E-state index >= 15 is 0 Å². The first-order valence-electron chi connectivity index (χ1n) is 17.2. The van der Waals surface area contributed by atoms with E-state index in [0.717, 1.165) is 63.0 Å². The summed E-state index contributed by atoms with van der Waals surface area (Å²) in [6.45, 7) is 0. The van der Waals surface area contributed by atoms with Crippen LogP contribution >= 0.6 is 0 Å². The molecule has 5 nitrogen and oxygen atoms in total. The lowest BCUT2D eigenvalue weighted by molar-refractivity contribution is 0.666. The summed E-state index contributed by atoms with van der Waals surface area (Å²) in [4.78, 5) is 10.0. The SMILES string of the molecule is C1=CC(c2ccc3c(c2)c2ccccc2n3-c2cccc3oc4cc(C5=NC(c6ccccc6)=NC(c6ccccc6)N5)ccc4c23)=CCC1. The number of nitrogens with zero attached hydrogens (tertiary/aromatic N) is 3. The van der Waals surface area contributed by atoms with Crippen molar-refractivity contribution in [2.45, 2.75) is 19.0 Å². The number of nitrogens with one attached hydrogen (secondary N) is 1. The number of para-hydroxylation sites is 1. The van der Waals surface area contributed by atoms with Crippen LogP contribution in [0.5, 0.6) is 0 Å². The van der Waals surface area contributed by atoms with Gasteiger partial charge in [-0.3, -0.25) is 0 Å². The monoisotopic (exact) mass is 644 g/mol. The molecule has 6 aromatic carbocycles. The Morgan fingerprint density at radius 3 is 2.28 bits per heavy atom. The highest BCUT2D eigenvalue weighted by atomic mass is 16.3. The normalized spacial score (nSPS) is 16.1. The van der Waals surface area contributed by atoms with Gasteiger partial charge in [0.05, 0.1) is 22.1 Å². The molecule has 238 valence electrons. The molecule has 0 saturated heterocycles. The van der Waals surface area contributed by atoms with Gasteiger partial charge in [0.2, 0.25) is 0 Å². The third-order valence-electron chi connectivity index (χ3n) is 9.88. The fourth-order valence-electron chi connectivity index (χ4n) is 7.50. The summed E-state index contributed by atoms with van der Waals surface area (Å²) in [5, 5.41) is 8.23. The van der Waals surface area contributed by atoms with E-state index < -0.39 is 0 Å². The predicted molar refractivity (Wildman–Crippen MR) is 206 cm³/mol. The van der Waals surface area contributed by atoms with E-state index in [-0.39, 0.29) is 6.17 Å². The Morgan fingerprint density at radius 1 is 0.620 bits per heavy atom. The predicted octanol–water partition coefficient (Wildman–Crippen LogP) is 10.9. The number of aromatic nitrogens is 1. The lowest BCUT2D eigenvalue weighted by Gasteiger charge is -2.23. The minimum absolute atomic E-state index is 0.266. The van der Waals surface area contributed by atoms with Crippen molar-refractivity contribution in [1.82, 2.24) is 9.88 Å². The van der Waals surface area contributed by atoms with E-state index in [2.05, 4.69) is 131 Å². The van der Waals surface area contributed by atoms with Crippen LogP contribution in [-0.2, 0) is 0 Å². The molecule has 3 heterocycles. The van der Waals surface area contributed by atoms with Gasteiger partial charge in [0.25, 0.3) is 0 Å². The van der Waals surface area contributed by atoms with Crippen LogP contribution in [0.1, 0.15) is 41.3 Å². The zero-order valence-electron chi connectivity index (χ0n) is 27.3. The van der Waals surface area contributed by atoms with E-state index in [9.17, 15) is 0 Å². The zero-order valence-corrected chi connectivity index (χ0v) is 27.3. The number of rotatable bonds is 5. The molecule has 1 aliphatic carbocycles. The third-order valence-corrected chi connectivity index (χ3v) is 9.88. The summed E-state index contributed by atoms with van der Waals surface area (Å²) >= 11 is 0. The van der Waals surface area contributed by atoms with Crippen molar-refractivity contribution < 1.29 is 4.42 Å². The molecule has 1 atom stereocenters. The smallest absolute Gasteiger partial charge is 0.159 e. The molecule has 0 amide bonds. The second-order valence-corrected chi connectivity index (χ2v) is 12.9. The van der Waals surface area contributed by atoms with Gasteiger partial charge in [-0.2, -0.15) is 0 Å². The molecule has 1 N–H and O–H groups in total. The highest BCUT2D eigenvalue weighted by Crippen LogP contribution is 2.40. The minimum Gasteiger partial charge on any atom is -0.456 e. The highest BCUT2D eigenvalue weighted by Gasteiger charge is 2.23. The molecular formula is C45H32N4O. The van der Waals surface area contributed by atoms with E-state index in [1.807, 2.05) is 36.4 Å². The lowest BCUT2D eigenvalue weighted by atomic mass is 9.98. The number of benzene rings is 6. The van der Waals surface area contributed by atoms with Gasteiger partial charge in [0, 0.05) is 27.3 Å². The Bertz CT molecular complexity index is 2730. The molecule has 0 bridgehead atoms. The van der Waals surface area contributed by atoms with Crippen LogP contribution in [0.25, 0.3) is 55.0 Å². The van der Waals surface area contributed by atoms with Crippen LogP contribution in [0.3, 0.4) is 0 Å². The van der Waals surface area contributed by atoms with Crippen LogP contribution in [0.2, 0.25) is 0 Å². The van der Waals surface area contributed by atoms with Gasteiger partial charge in [-0.15, -0.1) is 0 Å². The molecule has 2 aliphatic rings. The van der Waals surface area contributed by atoms with Crippen molar-refractivity contribution in [3.8, 4) is 5.69 Å². The van der Waals surface area contributed by atoms with E-state index in [1.165, 1.54) is 32.9 Å². The van der Waals surface area contributed by atoms with Gasteiger partial charge < -0.3 is 14.3 Å². The summed E-state index contributed by atoms with van der Waals surface area (Å²) in [7, 11) is 0. The molecular weight excluding hydrogens is 613 g/mol. The molecule has 0 saturated carbocycles. The van der Waals surface area contributed by atoms with Crippen LogP contribution in [-0.4, -0.2) is 16.2 Å². The maximum Gasteiger partial charge on any atom is 0.159 e. The van der Waals surface area contributed by atoms with Crippen molar-refractivity contribution >= 4 is 61.0 Å². The molecule has 0 fully saturated rings. The van der Waals surface area contributed by atoms with Crippen LogP contribution in [0.15, 0.2) is 172 Å². The lowest BCUT2D eigenvalue weighted by Crippen LogP contribution is -2.33. The number of amidine groups is 2. The second kappa shape index (κ2) is 11.6. The van der Waals surface area contributed by atoms with Crippen molar-refractivity contribution in [2.24, 2.45) is 9.98 Å². The van der Waals surface area contributed by atoms with E-state index in [0.29, 0.717) is 5.84 Å². The summed E-state index contributed by atoms with van der Waals surface area (Å²) in [5.41, 5.74) is 10.7. The molecule has 8 aromatic rings. The van der Waals surface area contributed by atoms with Crippen LogP contribution in [0, 0.1) is 0 Å². The fraction of sp³-hybridized carbons (Fsp3) is 0.0667. The minimum atomic E-state index is -0.266. The average molecular weight is 645 g/mol. The highest BCUT2D eigenvalue weighted by molar-refractivity contribution is 6.17. The van der Waals surface area contributed by atoms with Gasteiger partial charge in [-0.25, -0.2) is 9.98 Å². The quantitative estimate of drug-likeness (QED) is 0.203. The molecule has 1 unspecified atom stereocenters. The largest absolute Gasteiger partial charge is 0.456 e. The number of hydrogen-bond acceptors (Lipinski definition) is 4. The van der Waals surface area contributed by atoms with Gasteiger partial charge in [0.15, 0.2) is 5.84 Å². The molecule has 2 aromatic heterocycles. The van der Waals surface area contributed by atoms with E-state index in [4.69, 9.17) is 14.4 Å². The third kappa shape index (κ3) is 4.70. The molecule has 0 spiro atoms. The number of fused-ring (bicyclic) bond motifs is 6. The first-order valence-corrected chi connectivity index (χ1v) is 17.2. The summed E-state index contributed by atoms with van der Waals surface area (Å²) in [5.74, 6) is 1.46. The van der Waals surface area contributed by atoms with Gasteiger partial charge >= 0.3 is 0 Å². The zero-order chi connectivity index (χ0) is 33.0. The summed E-state index contributed by atoms with van der Waals surface area (Å²) in [6, 6.07) is 48.8. The topological polar surface area (TPSA) is 54.8 Å². The van der Waals surface area contributed by atoms with Gasteiger partial charge in [-0.1, -0.05) is 115 Å². The standard InChI is InChI=1S/C45H32N4O/c1-4-13-29(14-5-1)32-24-26-38-36(27-32)34-19-10-11-20-37(34)49(38)39-21-12-22-40-42(39)35-25-23-33(28-41(35)50-40)45-47-43(30-15-6-2-7-16-30)46-44(48-45)31-17-8-3-9-18-31/h2-4,6-28,43H,1,5H2,(H,46,47,48). The second-order valence-electron chi connectivity index (χ2n) is 12.9. The van der Waals surface area contributed by atoms with Crippen molar-refractivity contribution in [3.63, 3.8) is 0 Å². The number of furan rings is 1. The fourth-order valence-corrected chi connectivity index (χ4v) is 7.50. The number of allylic oxidation sites excluding steroid dienone is 4. The Balaban J connectivity index is 1.12. The Kier molecular flexibility index (Phi) is 6.62. The van der Waals surface area contributed by atoms with Crippen LogP contribution < -0.4 is 5.32 Å². The first kappa shape index (κ1) is 28.5. The Morgan fingerprint density at radius 2 is 1.42 bits per heavy atom. The van der Waals surface area contributed by atoms with Crippen molar-refractivity contribution in [2.75, 3.05) is 0 Å². The number of aliphatic imine (C=N–C) groups is 2. The van der Waals surface area contributed by atoms with Gasteiger partial charge in [0.1, 0.15) is 23.2 Å². The van der Waals surface area contributed by atoms with Crippen molar-refractivity contribution in [3.05, 3.63) is 180 Å². The first-order chi connectivity index (χ1) is 24.8. The molecule has 5 heteroatoms. The van der Waals surface area contributed by atoms with E-state index in [1.54, 1.807) is 0 Å². The Labute approximate surface area is 289 Å². The van der Waals surface area contributed by atoms with Crippen molar-refractivity contribution in [1.29, 1.82) is 0 Å². The average Bonchev–Trinajstić information content (AvgIpc) is 3.74. The number of hydrogen-bond donors (Lipinski definition) is 1. The molecule has 50 heavy (non-hydrogen) atoms. The van der Waals surface area contributed by atoms with Gasteiger partial charge in [-0.05, 0) is 72.0 Å². The summed E-state index contributed by atoms with van der Waals surface area (Å²) < 4.78 is 9.02. The maximum atomic E-state index is 6.63.